The highest BCUT2D eigenvalue weighted by Crippen LogP contribution is 2.38. The van der Waals surface area contributed by atoms with Crippen LogP contribution in [-0.4, -0.2) is 62.6 Å². The van der Waals surface area contributed by atoms with Crippen LogP contribution in [0.4, 0.5) is 5.82 Å². The number of fused-ring (bicyclic) bond motifs is 1. The molecule has 1 unspecified atom stereocenters. The lowest BCUT2D eigenvalue weighted by atomic mass is 10.1. The number of anilines is 1. The van der Waals surface area contributed by atoms with Crippen LogP contribution in [0.2, 0.25) is 0 Å². The van der Waals surface area contributed by atoms with Crippen molar-refractivity contribution in [2.45, 2.75) is 13.0 Å². The summed E-state index contributed by atoms with van der Waals surface area (Å²) in [4.78, 5) is 38.3. The summed E-state index contributed by atoms with van der Waals surface area (Å²) in [5, 5.41) is 0. The largest absolute Gasteiger partial charge is 0.353 e. The Morgan fingerprint density at radius 3 is 2.47 bits per heavy atom. The van der Waals surface area contributed by atoms with Crippen molar-refractivity contribution in [1.82, 2.24) is 19.2 Å². The number of aromatic nitrogens is 2. The van der Waals surface area contributed by atoms with E-state index in [1.54, 1.807) is 23.2 Å². The van der Waals surface area contributed by atoms with Gasteiger partial charge in [-0.2, -0.15) is 0 Å². The fourth-order valence-electron chi connectivity index (χ4n) is 4.30. The SMILES string of the molecule is CC(c1ccccc1)N1C(=O)C(=Cc2c(N3CCN(C)CC3)nc3ccccn3c2=O)SC1=S. The van der Waals surface area contributed by atoms with Gasteiger partial charge in [-0.25, -0.2) is 4.98 Å². The number of piperazine rings is 1. The van der Waals surface area contributed by atoms with Gasteiger partial charge in [-0.05, 0) is 37.7 Å². The quantitative estimate of drug-likeness (QED) is 0.409. The topological polar surface area (TPSA) is 61.2 Å². The number of carbonyl (C=O) groups is 1. The van der Waals surface area contributed by atoms with E-state index in [2.05, 4.69) is 16.8 Å². The molecule has 0 aliphatic carbocycles. The molecule has 1 amide bonds. The van der Waals surface area contributed by atoms with E-state index < -0.39 is 0 Å². The number of carbonyl (C=O) groups excluding carboxylic acids is 1. The van der Waals surface area contributed by atoms with Crippen LogP contribution in [0.25, 0.3) is 11.7 Å². The minimum Gasteiger partial charge on any atom is -0.353 e. The van der Waals surface area contributed by atoms with Crippen LogP contribution >= 0.6 is 24.0 Å². The van der Waals surface area contributed by atoms with Crippen LogP contribution in [0.5, 0.6) is 0 Å². The lowest BCUT2D eigenvalue weighted by Gasteiger charge is -2.34. The Morgan fingerprint density at radius 2 is 1.74 bits per heavy atom. The first-order chi connectivity index (χ1) is 16.4. The van der Waals surface area contributed by atoms with Gasteiger partial charge in [-0.15, -0.1) is 0 Å². The molecule has 7 nitrogen and oxygen atoms in total. The summed E-state index contributed by atoms with van der Waals surface area (Å²) >= 11 is 6.82. The number of amides is 1. The van der Waals surface area contributed by atoms with Crippen LogP contribution in [0, 0.1) is 0 Å². The Labute approximate surface area is 207 Å². The molecule has 0 spiro atoms. The lowest BCUT2D eigenvalue weighted by Crippen LogP contribution is -2.45. The van der Waals surface area contributed by atoms with E-state index in [1.165, 1.54) is 16.2 Å². The third kappa shape index (κ3) is 4.15. The summed E-state index contributed by atoms with van der Waals surface area (Å²) in [7, 11) is 2.08. The number of benzene rings is 1. The van der Waals surface area contributed by atoms with Gasteiger partial charge in [0.05, 0.1) is 16.5 Å². The van der Waals surface area contributed by atoms with Crippen LogP contribution < -0.4 is 10.5 Å². The molecule has 2 aliphatic heterocycles. The van der Waals surface area contributed by atoms with Gasteiger partial charge in [0.25, 0.3) is 11.5 Å². The number of likely N-dealkylation sites (N-methyl/N-ethyl adjacent to an activating group) is 1. The van der Waals surface area contributed by atoms with Crippen molar-refractivity contribution in [1.29, 1.82) is 0 Å². The first-order valence-electron chi connectivity index (χ1n) is 11.2. The maximum absolute atomic E-state index is 13.5. The standard InChI is InChI=1S/C25H25N5O2S2/c1-17(18-8-4-3-5-9-18)30-24(32)20(34-25(30)33)16-19-22(28-14-12-27(2)13-15-28)26-21-10-6-7-11-29(21)23(19)31/h3-11,16-17H,12-15H2,1-2H3. The van der Waals surface area contributed by atoms with E-state index >= 15 is 0 Å². The maximum Gasteiger partial charge on any atom is 0.267 e. The highest BCUT2D eigenvalue weighted by atomic mass is 32.2. The Morgan fingerprint density at radius 1 is 1.03 bits per heavy atom. The van der Waals surface area contributed by atoms with Crippen LogP contribution in [-0.2, 0) is 4.79 Å². The molecule has 1 atom stereocenters. The number of rotatable bonds is 4. The zero-order valence-corrected chi connectivity index (χ0v) is 20.7. The first kappa shape index (κ1) is 22.8. The summed E-state index contributed by atoms with van der Waals surface area (Å²) in [6, 6.07) is 15.1. The Bertz CT molecular complexity index is 1350. The minimum atomic E-state index is -0.201. The van der Waals surface area contributed by atoms with Crippen LogP contribution in [0.3, 0.4) is 0 Å². The number of hydrogen-bond acceptors (Lipinski definition) is 7. The second-order valence-electron chi connectivity index (χ2n) is 8.51. The lowest BCUT2D eigenvalue weighted by molar-refractivity contribution is -0.123. The third-order valence-electron chi connectivity index (χ3n) is 6.32. The summed E-state index contributed by atoms with van der Waals surface area (Å²) in [6.45, 7) is 5.25. The molecule has 0 bridgehead atoms. The zero-order valence-electron chi connectivity index (χ0n) is 19.0. The molecule has 4 heterocycles. The third-order valence-corrected chi connectivity index (χ3v) is 7.65. The first-order valence-corrected chi connectivity index (χ1v) is 12.4. The molecule has 2 fully saturated rings. The average molecular weight is 492 g/mol. The predicted molar refractivity (Wildman–Crippen MR) is 141 cm³/mol. The fourth-order valence-corrected chi connectivity index (χ4v) is 5.70. The van der Waals surface area contributed by atoms with E-state index in [-0.39, 0.29) is 17.5 Å². The molecular formula is C25H25N5O2S2. The minimum absolute atomic E-state index is 0.187. The molecule has 0 N–H and O–H groups in total. The maximum atomic E-state index is 13.5. The van der Waals surface area contributed by atoms with Gasteiger partial charge in [-0.3, -0.25) is 18.9 Å². The zero-order chi connectivity index (χ0) is 23.8. The average Bonchev–Trinajstić information content (AvgIpc) is 3.14. The number of thiocarbonyl (C=S) groups is 1. The molecule has 2 aromatic heterocycles. The molecule has 9 heteroatoms. The number of pyridine rings is 1. The number of thioether (sulfide) groups is 1. The van der Waals surface area contributed by atoms with E-state index in [0.717, 1.165) is 31.7 Å². The fraction of sp³-hybridized carbons (Fsp3) is 0.280. The Balaban J connectivity index is 1.57. The van der Waals surface area contributed by atoms with Gasteiger partial charge in [0.1, 0.15) is 15.8 Å². The second kappa shape index (κ2) is 9.32. The van der Waals surface area contributed by atoms with E-state index in [4.69, 9.17) is 17.2 Å². The summed E-state index contributed by atoms with van der Waals surface area (Å²) in [5.41, 5.74) is 1.82. The normalized spacial score (nSPS) is 19.4. The Kier molecular flexibility index (Phi) is 6.24. The smallest absolute Gasteiger partial charge is 0.267 e. The highest BCUT2D eigenvalue weighted by molar-refractivity contribution is 8.26. The van der Waals surface area contributed by atoms with E-state index in [9.17, 15) is 9.59 Å². The molecule has 0 saturated carbocycles. The molecule has 0 radical (unpaired) electrons. The summed E-state index contributed by atoms with van der Waals surface area (Å²) < 4.78 is 2.02. The van der Waals surface area contributed by atoms with Gasteiger partial charge in [0, 0.05) is 32.4 Å². The molecule has 3 aromatic rings. The molecule has 2 saturated heterocycles. The van der Waals surface area contributed by atoms with Crippen LogP contribution in [0.1, 0.15) is 24.1 Å². The summed E-state index contributed by atoms with van der Waals surface area (Å²) in [6.07, 6.45) is 3.39. The van der Waals surface area contributed by atoms with Gasteiger partial charge < -0.3 is 9.80 Å². The monoisotopic (exact) mass is 491 g/mol. The number of hydrogen-bond donors (Lipinski definition) is 0. The molecular weight excluding hydrogens is 466 g/mol. The number of nitrogens with zero attached hydrogens (tertiary/aromatic N) is 5. The van der Waals surface area contributed by atoms with Crippen LogP contribution in [0.15, 0.2) is 64.4 Å². The van der Waals surface area contributed by atoms with Crippen molar-refractivity contribution in [2.24, 2.45) is 0 Å². The van der Waals surface area contributed by atoms with Gasteiger partial charge in [0.2, 0.25) is 0 Å². The van der Waals surface area contributed by atoms with E-state index in [1.807, 2.05) is 49.4 Å². The van der Waals surface area contributed by atoms with Crippen molar-refractivity contribution in [3.63, 3.8) is 0 Å². The molecule has 2 aliphatic rings. The van der Waals surface area contributed by atoms with Crippen molar-refractivity contribution in [3.8, 4) is 0 Å². The van der Waals surface area contributed by atoms with Crippen molar-refractivity contribution in [3.05, 3.63) is 81.1 Å². The van der Waals surface area contributed by atoms with Crippen molar-refractivity contribution >= 4 is 51.7 Å². The Hall–Kier alpha value is -3.01. The van der Waals surface area contributed by atoms with E-state index in [0.29, 0.717) is 26.3 Å². The second-order valence-corrected chi connectivity index (χ2v) is 10.2. The molecule has 1 aromatic carbocycles. The molecule has 174 valence electrons. The highest BCUT2D eigenvalue weighted by Gasteiger charge is 2.36. The van der Waals surface area contributed by atoms with Crippen molar-refractivity contribution in [2.75, 3.05) is 38.1 Å². The van der Waals surface area contributed by atoms with Crippen molar-refractivity contribution < 1.29 is 4.79 Å². The van der Waals surface area contributed by atoms with Gasteiger partial charge in [0.15, 0.2) is 0 Å². The molecule has 34 heavy (non-hydrogen) atoms. The van der Waals surface area contributed by atoms with Gasteiger partial charge in [-0.1, -0.05) is 60.4 Å². The summed E-state index contributed by atoms with van der Waals surface area (Å²) in [5.74, 6) is 0.430. The molecule has 5 rings (SSSR count). The van der Waals surface area contributed by atoms with Gasteiger partial charge >= 0.3 is 0 Å². The predicted octanol–water partition coefficient (Wildman–Crippen LogP) is 3.41.